The Kier molecular flexibility index (Phi) is 10.8. The Morgan fingerprint density at radius 2 is 1.54 bits per heavy atom. The molecule has 0 aliphatic rings. The summed E-state index contributed by atoms with van der Waals surface area (Å²) in [6.07, 6.45) is 0.399. The number of hydrogen-bond donors (Lipinski definition) is 1. The Morgan fingerprint density at radius 1 is 0.892 bits per heavy atom. The summed E-state index contributed by atoms with van der Waals surface area (Å²) >= 11 is 19.9. The Morgan fingerprint density at radius 3 is 2.16 bits per heavy atom. The maximum Gasteiger partial charge on any atom is 0.243 e. The van der Waals surface area contributed by atoms with Gasteiger partial charge in [0.2, 0.25) is 11.8 Å². The summed E-state index contributed by atoms with van der Waals surface area (Å²) in [7, 11) is 0. The molecule has 0 spiro atoms. The fraction of sp³-hybridized carbons (Fsp3) is 0.310. The van der Waals surface area contributed by atoms with Gasteiger partial charge >= 0.3 is 0 Å². The van der Waals surface area contributed by atoms with E-state index in [1.165, 1.54) is 11.8 Å². The number of benzene rings is 3. The van der Waals surface area contributed by atoms with Gasteiger partial charge in [-0.15, -0.1) is 11.8 Å². The van der Waals surface area contributed by atoms with E-state index in [4.69, 9.17) is 34.8 Å². The van der Waals surface area contributed by atoms with E-state index in [9.17, 15) is 9.59 Å². The summed E-state index contributed by atoms with van der Waals surface area (Å²) in [5, 5.41) is 4.82. The van der Waals surface area contributed by atoms with Crippen LogP contribution in [0.25, 0.3) is 0 Å². The van der Waals surface area contributed by atoms with Crippen LogP contribution in [0.2, 0.25) is 15.1 Å². The molecule has 0 saturated carbocycles. The van der Waals surface area contributed by atoms with Gasteiger partial charge in [-0.2, -0.15) is 0 Å². The molecule has 0 radical (unpaired) electrons. The summed E-state index contributed by atoms with van der Waals surface area (Å²) in [5.41, 5.74) is 2.33. The van der Waals surface area contributed by atoms with Crippen molar-refractivity contribution in [1.82, 2.24) is 10.2 Å². The molecule has 2 amide bonds. The van der Waals surface area contributed by atoms with E-state index in [2.05, 4.69) is 5.32 Å². The molecule has 4 nitrogen and oxygen atoms in total. The quantitative estimate of drug-likeness (QED) is 0.272. The second kappa shape index (κ2) is 13.6. The van der Waals surface area contributed by atoms with E-state index < -0.39 is 11.6 Å². The first-order valence-corrected chi connectivity index (χ1v) is 14.2. The molecule has 3 rings (SSSR count). The SMILES string of the molecule is CC(C)(C)NC(=O)[C@@H](Cc1ccccc1)N(Cc1ccc(Cl)cc1)C(=O)CSCc1ccc(Cl)cc1Cl. The summed E-state index contributed by atoms with van der Waals surface area (Å²) in [6, 6.07) is 21.7. The van der Waals surface area contributed by atoms with Gasteiger partial charge in [0.25, 0.3) is 0 Å². The third kappa shape index (κ3) is 9.57. The van der Waals surface area contributed by atoms with Crippen LogP contribution >= 0.6 is 46.6 Å². The highest BCUT2D eigenvalue weighted by Crippen LogP contribution is 2.25. The standard InChI is InChI=1S/C29H31Cl3N2O2S/c1-29(2,3)33-28(36)26(15-20-7-5-4-6-8-20)34(17-21-9-12-23(30)13-10-21)27(35)19-37-18-22-11-14-24(31)16-25(22)32/h4-14,16,26H,15,17-19H2,1-3H3,(H,33,36)/t26-/m1/s1. The Bertz CT molecular complexity index is 1200. The van der Waals surface area contributed by atoms with E-state index in [0.29, 0.717) is 27.2 Å². The van der Waals surface area contributed by atoms with Crippen molar-refractivity contribution in [2.75, 3.05) is 5.75 Å². The van der Waals surface area contributed by atoms with Crippen LogP contribution in [0, 0.1) is 0 Å². The minimum Gasteiger partial charge on any atom is -0.350 e. The Hall–Kier alpha value is -2.18. The number of amides is 2. The lowest BCUT2D eigenvalue weighted by atomic mass is 10.0. The van der Waals surface area contributed by atoms with Gasteiger partial charge in [0, 0.05) is 39.3 Å². The minimum atomic E-state index is -0.690. The third-order valence-electron chi connectivity index (χ3n) is 5.53. The second-order valence-electron chi connectivity index (χ2n) is 9.82. The lowest BCUT2D eigenvalue weighted by Gasteiger charge is -2.34. The fourth-order valence-corrected chi connectivity index (χ4v) is 5.36. The highest BCUT2D eigenvalue weighted by atomic mass is 35.5. The molecule has 3 aromatic carbocycles. The number of thioether (sulfide) groups is 1. The molecular weight excluding hydrogens is 547 g/mol. The summed E-state index contributed by atoms with van der Waals surface area (Å²) in [6.45, 7) is 6.08. The molecule has 0 saturated heterocycles. The zero-order valence-corrected chi connectivity index (χ0v) is 24.2. The fourth-order valence-electron chi connectivity index (χ4n) is 3.76. The molecule has 196 valence electrons. The normalized spacial score (nSPS) is 12.2. The summed E-state index contributed by atoms with van der Waals surface area (Å²) < 4.78 is 0. The van der Waals surface area contributed by atoms with Crippen LogP contribution in [0.15, 0.2) is 72.8 Å². The van der Waals surface area contributed by atoms with E-state index in [1.807, 2.05) is 69.3 Å². The van der Waals surface area contributed by atoms with Gasteiger partial charge in [0.1, 0.15) is 6.04 Å². The molecule has 0 unspecified atom stereocenters. The largest absolute Gasteiger partial charge is 0.350 e. The van der Waals surface area contributed by atoms with Crippen molar-refractivity contribution in [3.05, 3.63) is 105 Å². The highest BCUT2D eigenvalue weighted by molar-refractivity contribution is 7.99. The predicted octanol–water partition coefficient (Wildman–Crippen LogP) is 7.43. The highest BCUT2D eigenvalue weighted by Gasteiger charge is 2.32. The van der Waals surface area contributed by atoms with Crippen molar-refractivity contribution in [2.45, 2.75) is 51.1 Å². The van der Waals surface area contributed by atoms with Crippen molar-refractivity contribution in [3.63, 3.8) is 0 Å². The van der Waals surface area contributed by atoms with Gasteiger partial charge in [0.05, 0.1) is 5.75 Å². The lowest BCUT2D eigenvalue weighted by molar-refractivity contribution is -0.140. The summed E-state index contributed by atoms with van der Waals surface area (Å²) in [5.74, 6) is 0.425. The molecule has 0 aromatic heterocycles. The average molecular weight is 578 g/mol. The number of carbonyl (C=O) groups is 2. The topological polar surface area (TPSA) is 49.4 Å². The Labute approximate surface area is 238 Å². The van der Waals surface area contributed by atoms with E-state index in [0.717, 1.165) is 16.7 Å². The van der Waals surface area contributed by atoms with Crippen LogP contribution < -0.4 is 5.32 Å². The first kappa shape index (κ1) is 29.4. The zero-order valence-electron chi connectivity index (χ0n) is 21.1. The molecule has 3 aromatic rings. The van der Waals surface area contributed by atoms with Gasteiger partial charge in [-0.1, -0.05) is 83.3 Å². The molecule has 0 aliphatic carbocycles. The minimum absolute atomic E-state index is 0.130. The van der Waals surface area contributed by atoms with Crippen LogP contribution in [-0.2, 0) is 28.3 Å². The third-order valence-corrected chi connectivity index (χ3v) is 7.34. The molecule has 1 atom stereocenters. The molecule has 37 heavy (non-hydrogen) atoms. The van der Waals surface area contributed by atoms with Crippen molar-refractivity contribution < 1.29 is 9.59 Å². The van der Waals surface area contributed by atoms with Crippen molar-refractivity contribution in [1.29, 1.82) is 0 Å². The van der Waals surface area contributed by atoms with Gasteiger partial charge in [-0.05, 0) is 61.7 Å². The number of carbonyl (C=O) groups excluding carboxylic acids is 2. The maximum atomic E-state index is 13.7. The Balaban J connectivity index is 1.87. The molecule has 0 bridgehead atoms. The van der Waals surface area contributed by atoms with Crippen LogP contribution in [0.4, 0.5) is 0 Å². The maximum absolute atomic E-state index is 13.7. The van der Waals surface area contributed by atoms with Crippen molar-refractivity contribution >= 4 is 58.4 Å². The van der Waals surface area contributed by atoms with E-state index in [-0.39, 0.29) is 24.1 Å². The smallest absolute Gasteiger partial charge is 0.243 e. The van der Waals surface area contributed by atoms with Crippen LogP contribution in [0.5, 0.6) is 0 Å². The number of nitrogens with zero attached hydrogens (tertiary/aromatic N) is 1. The first-order valence-electron chi connectivity index (χ1n) is 11.9. The van der Waals surface area contributed by atoms with Crippen molar-refractivity contribution in [2.24, 2.45) is 0 Å². The molecule has 0 heterocycles. The molecule has 8 heteroatoms. The number of nitrogens with one attached hydrogen (secondary N) is 1. The number of rotatable bonds is 10. The van der Waals surface area contributed by atoms with Gasteiger partial charge < -0.3 is 10.2 Å². The van der Waals surface area contributed by atoms with Crippen LogP contribution in [0.1, 0.15) is 37.5 Å². The lowest BCUT2D eigenvalue weighted by Crippen LogP contribution is -2.54. The first-order chi connectivity index (χ1) is 17.5. The number of hydrogen-bond acceptors (Lipinski definition) is 3. The zero-order chi connectivity index (χ0) is 27.0. The monoisotopic (exact) mass is 576 g/mol. The van der Waals surface area contributed by atoms with Gasteiger partial charge in [-0.3, -0.25) is 9.59 Å². The second-order valence-corrected chi connectivity index (χ2v) is 12.1. The molecule has 0 fully saturated rings. The van der Waals surface area contributed by atoms with Crippen LogP contribution in [0.3, 0.4) is 0 Å². The number of halogens is 3. The molecular formula is C29H31Cl3N2O2S. The molecule has 1 N–H and O–H groups in total. The summed E-state index contributed by atoms with van der Waals surface area (Å²) in [4.78, 5) is 28.9. The van der Waals surface area contributed by atoms with Crippen molar-refractivity contribution in [3.8, 4) is 0 Å². The van der Waals surface area contributed by atoms with E-state index >= 15 is 0 Å². The average Bonchev–Trinajstić information content (AvgIpc) is 2.83. The van der Waals surface area contributed by atoms with Gasteiger partial charge in [0.15, 0.2) is 0 Å². The van der Waals surface area contributed by atoms with E-state index in [1.54, 1.807) is 29.2 Å². The molecule has 0 aliphatic heterocycles. The van der Waals surface area contributed by atoms with Crippen LogP contribution in [-0.4, -0.2) is 34.0 Å². The van der Waals surface area contributed by atoms with Gasteiger partial charge in [-0.25, -0.2) is 0 Å². The predicted molar refractivity (Wildman–Crippen MR) is 156 cm³/mol.